The van der Waals surface area contributed by atoms with Gasteiger partial charge in [0, 0.05) is 16.7 Å². The zero-order valence-electron chi connectivity index (χ0n) is 23.8. The van der Waals surface area contributed by atoms with E-state index < -0.39 is 0 Å². The molecule has 198 valence electrons. The van der Waals surface area contributed by atoms with Crippen molar-refractivity contribution in [1.29, 1.82) is 0 Å². The van der Waals surface area contributed by atoms with E-state index in [2.05, 4.69) is 94.4 Å². The molecule has 0 saturated carbocycles. The van der Waals surface area contributed by atoms with E-state index in [0.29, 0.717) is 0 Å². The lowest BCUT2D eigenvalue weighted by molar-refractivity contribution is 0.661. The molecule has 3 nitrogen and oxygen atoms in total. The van der Waals surface area contributed by atoms with Crippen molar-refractivity contribution >= 4 is 0 Å². The van der Waals surface area contributed by atoms with Crippen LogP contribution in [-0.2, 0) is 12.8 Å². The van der Waals surface area contributed by atoms with Gasteiger partial charge in [0.15, 0.2) is 17.5 Å². The molecule has 0 aliphatic heterocycles. The lowest BCUT2D eigenvalue weighted by Gasteiger charge is -2.12. The molecule has 1 heterocycles. The van der Waals surface area contributed by atoms with Gasteiger partial charge in [-0.3, -0.25) is 0 Å². The zero-order valence-corrected chi connectivity index (χ0v) is 23.8. The maximum absolute atomic E-state index is 5.03. The second-order valence-electron chi connectivity index (χ2n) is 10.7. The van der Waals surface area contributed by atoms with Gasteiger partial charge in [0.25, 0.3) is 0 Å². The van der Waals surface area contributed by atoms with Crippen LogP contribution in [0.2, 0.25) is 0 Å². The SMILES string of the molecule is CCCCCCc1cc(CCCCCC)cc(-c2nc(-c3ccc(C)cc3)nc(-c3ccc(C)cc3)n2)c1. The minimum atomic E-state index is 0.725. The highest BCUT2D eigenvalue weighted by Crippen LogP contribution is 2.27. The average molecular weight is 506 g/mol. The summed E-state index contributed by atoms with van der Waals surface area (Å²) in [4.78, 5) is 15.0. The van der Waals surface area contributed by atoms with Gasteiger partial charge in [0.05, 0.1) is 0 Å². The molecule has 1 aromatic heterocycles. The lowest BCUT2D eigenvalue weighted by atomic mass is 9.97. The van der Waals surface area contributed by atoms with Crippen LogP contribution >= 0.6 is 0 Å². The van der Waals surface area contributed by atoms with Gasteiger partial charge in [0.1, 0.15) is 0 Å². The highest BCUT2D eigenvalue weighted by molar-refractivity contribution is 5.67. The highest BCUT2D eigenvalue weighted by atomic mass is 15.0. The molecule has 0 aliphatic rings. The Morgan fingerprint density at radius 1 is 0.447 bits per heavy atom. The Morgan fingerprint density at radius 3 is 1.24 bits per heavy atom. The summed E-state index contributed by atoms with van der Waals surface area (Å²) in [6.07, 6.45) is 12.4. The summed E-state index contributed by atoms with van der Waals surface area (Å²) < 4.78 is 0. The van der Waals surface area contributed by atoms with Crippen molar-refractivity contribution in [3.63, 3.8) is 0 Å². The molecule has 4 rings (SSSR count). The van der Waals surface area contributed by atoms with Crippen molar-refractivity contribution in [2.24, 2.45) is 0 Å². The number of hydrogen-bond acceptors (Lipinski definition) is 3. The normalized spacial score (nSPS) is 11.2. The van der Waals surface area contributed by atoms with Gasteiger partial charge >= 0.3 is 0 Å². The van der Waals surface area contributed by atoms with E-state index in [4.69, 9.17) is 15.0 Å². The van der Waals surface area contributed by atoms with E-state index in [1.807, 2.05) is 0 Å². The Balaban J connectivity index is 1.76. The number of aromatic nitrogens is 3. The van der Waals surface area contributed by atoms with Gasteiger partial charge in [-0.1, -0.05) is 118 Å². The second kappa shape index (κ2) is 14.0. The van der Waals surface area contributed by atoms with E-state index >= 15 is 0 Å². The summed E-state index contributed by atoms with van der Waals surface area (Å²) in [7, 11) is 0. The predicted octanol–water partition coefficient (Wildman–Crippen LogP) is 9.74. The highest BCUT2D eigenvalue weighted by Gasteiger charge is 2.14. The molecule has 0 N–H and O–H groups in total. The van der Waals surface area contributed by atoms with E-state index in [1.165, 1.54) is 73.6 Å². The summed E-state index contributed by atoms with van der Waals surface area (Å²) >= 11 is 0. The van der Waals surface area contributed by atoms with Crippen molar-refractivity contribution in [3.8, 4) is 34.2 Å². The molecule has 0 aliphatic carbocycles. The van der Waals surface area contributed by atoms with Gasteiger partial charge in [-0.05, 0) is 62.8 Å². The Morgan fingerprint density at radius 2 is 0.842 bits per heavy atom. The third-order valence-electron chi connectivity index (χ3n) is 7.20. The smallest absolute Gasteiger partial charge is 0.164 e. The molecule has 0 radical (unpaired) electrons. The molecule has 0 saturated heterocycles. The summed E-state index contributed by atoms with van der Waals surface area (Å²) in [6.45, 7) is 8.75. The minimum Gasteiger partial charge on any atom is -0.208 e. The number of aryl methyl sites for hydroxylation is 4. The molecule has 0 amide bonds. The third kappa shape index (κ3) is 7.84. The van der Waals surface area contributed by atoms with Gasteiger partial charge < -0.3 is 0 Å². The van der Waals surface area contributed by atoms with Crippen molar-refractivity contribution < 1.29 is 0 Å². The molecule has 0 spiro atoms. The van der Waals surface area contributed by atoms with Crippen molar-refractivity contribution in [3.05, 3.63) is 89.0 Å². The van der Waals surface area contributed by atoms with Crippen LogP contribution in [0, 0.1) is 13.8 Å². The number of unbranched alkanes of at least 4 members (excludes halogenated alkanes) is 6. The number of benzene rings is 3. The maximum atomic E-state index is 5.03. The Bertz CT molecular complexity index is 1200. The number of hydrogen-bond donors (Lipinski definition) is 0. The van der Waals surface area contributed by atoms with Gasteiger partial charge in [-0.15, -0.1) is 0 Å². The van der Waals surface area contributed by atoms with Crippen LogP contribution in [0.3, 0.4) is 0 Å². The van der Waals surface area contributed by atoms with Crippen molar-refractivity contribution in [2.45, 2.75) is 91.9 Å². The fraction of sp³-hybridized carbons (Fsp3) is 0.400. The zero-order chi connectivity index (χ0) is 26.7. The third-order valence-corrected chi connectivity index (χ3v) is 7.20. The van der Waals surface area contributed by atoms with Crippen LogP contribution in [-0.4, -0.2) is 15.0 Å². The summed E-state index contributed by atoms with van der Waals surface area (Å²) in [6, 6.07) is 24.0. The largest absolute Gasteiger partial charge is 0.208 e. The molecule has 3 heteroatoms. The molecule has 0 atom stereocenters. The van der Waals surface area contributed by atoms with E-state index in [-0.39, 0.29) is 0 Å². The Labute approximate surface area is 229 Å². The molecule has 38 heavy (non-hydrogen) atoms. The lowest BCUT2D eigenvalue weighted by Crippen LogP contribution is -2.01. The van der Waals surface area contributed by atoms with Crippen molar-refractivity contribution in [1.82, 2.24) is 15.0 Å². The van der Waals surface area contributed by atoms with E-state index in [0.717, 1.165) is 47.0 Å². The van der Waals surface area contributed by atoms with Gasteiger partial charge in [-0.25, -0.2) is 15.0 Å². The summed E-state index contributed by atoms with van der Waals surface area (Å²) in [5.41, 5.74) is 8.39. The molecule has 0 fully saturated rings. The summed E-state index contributed by atoms with van der Waals surface area (Å²) in [5.74, 6) is 2.21. The first-order valence-electron chi connectivity index (χ1n) is 14.6. The molecule has 0 unspecified atom stereocenters. The number of nitrogens with zero attached hydrogens (tertiary/aromatic N) is 3. The second-order valence-corrected chi connectivity index (χ2v) is 10.7. The molecular formula is C35H43N3. The first-order chi connectivity index (χ1) is 18.6. The van der Waals surface area contributed by atoms with Crippen LogP contribution in [0.15, 0.2) is 66.7 Å². The first kappa shape index (κ1) is 27.7. The van der Waals surface area contributed by atoms with Crippen LogP contribution < -0.4 is 0 Å². The molecule has 4 aromatic rings. The van der Waals surface area contributed by atoms with Crippen LogP contribution in [0.25, 0.3) is 34.2 Å². The molecular weight excluding hydrogens is 462 g/mol. The Kier molecular flexibility index (Phi) is 10.2. The molecule has 0 bridgehead atoms. The van der Waals surface area contributed by atoms with Crippen LogP contribution in [0.4, 0.5) is 0 Å². The summed E-state index contributed by atoms with van der Waals surface area (Å²) in [5, 5.41) is 0. The fourth-order valence-electron chi connectivity index (χ4n) is 4.86. The Hall–Kier alpha value is -3.33. The van der Waals surface area contributed by atoms with E-state index in [1.54, 1.807) is 0 Å². The fourth-order valence-corrected chi connectivity index (χ4v) is 4.86. The quantitative estimate of drug-likeness (QED) is 0.170. The molecule has 3 aromatic carbocycles. The van der Waals surface area contributed by atoms with Crippen molar-refractivity contribution in [2.75, 3.05) is 0 Å². The minimum absolute atomic E-state index is 0.725. The predicted molar refractivity (Wildman–Crippen MR) is 161 cm³/mol. The average Bonchev–Trinajstić information content (AvgIpc) is 2.94. The van der Waals surface area contributed by atoms with Crippen LogP contribution in [0.5, 0.6) is 0 Å². The van der Waals surface area contributed by atoms with E-state index in [9.17, 15) is 0 Å². The first-order valence-corrected chi connectivity index (χ1v) is 14.6. The van der Waals surface area contributed by atoms with Crippen LogP contribution in [0.1, 0.15) is 87.5 Å². The van der Waals surface area contributed by atoms with Gasteiger partial charge in [0.2, 0.25) is 0 Å². The standard InChI is InChI=1S/C35H43N3/c1-5-7-9-11-13-28-23-29(14-12-10-8-6-2)25-32(24-28)35-37-33(30-19-15-26(3)16-20-30)36-34(38-35)31-21-17-27(4)18-22-31/h15-25H,5-14H2,1-4H3. The monoisotopic (exact) mass is 505 g/mol. The number of rotatable bonds is 13. The topological polar surface area (TPSA) is 38.7 Å². The maximum Gasteiger partial charge on any atom is 0.164 e. The van der Waals surface area contributed by atoms with Gasteiger partial charge in [-0.2, -0.15) is 0 Å².